The molecule has 7 heteroatoms. The highest BCUT2D eigenvalue weighted by molar-refractivity contribution is 7.22. The summed E-state index contributed by atoms with van der Waals surface area (Å²) in [5, 5.41) is 5.47. The fraction of sp³-hybridized carbons (Fsp3) is 0.125. The van der Waals surface area contributed by atoms with Crippen molar-refractivity contribution >= 4 is 38.5 Å². The lowest BCUT2D eigenvalue weighted by Gasteiger charge is -2.03. The van der Waals surface area contributed by atoms with Crippen molar-refractivity contribution in [2.45, 2.75) is 13.5 Å². The zero-order valence-electron chi connectivity index (χ0n) is 12.4. The van der Waals surface area contributed by atoms with Crippen molar-refractivity contribution in [3.05, 3.63) is 53.9 Å². The van der Waals surface area contributed by atoms with Crippen molar-refractivity contribution in [3.63, 3.8) is 0 Å². The zero-order chi connectivity index (χ0) is 16.2. The minimum atomic E-state index is -0.738. The van der Waals surface area contributed by atoms with Crippen molar-refractivity contribution in [1.29, 1.82) is 0 Å². The number of thiazole rings is 1. The summed E-state index contributed by atoms with van der Waals surface area (Å²) in [4.78, 5) is 32.2. The molecule has 0 radical (unpaired) electrons. The van der Waals surface area contributed by atoms with E-state index >= 15 is 0 Å². The summed E-state index contributed by atoms with van der Waals surface area (Å²) in [6, 6.07) is 11.2. The molecular weight excluding hydrogens is 312 g/mol. The smallest absolute Gasteiger partial charge is 0.315 e. The molecule has 2 N–H and O–H groups in total. The van der Waals surface area contributed by atoms with Gasteiger partial charge < -0.3 is 5.32 Å². The molecule has 0 aliphatic rings. The minimum Gasteiger partial charge on any atom is -0.342 e. The molecule has 0 aliphatic heterocycles. The number of nitrogens with zero attached hydrogens (tertiary/aromatic N) is 2. The van der Waals surface area contributed by atoms with E-state index in [2.05, 4.69) is 20.6 Å². The Morgan fingerprint density at radius 2 is 2.00 bits per heavy atom. The van der Waals surface area contributed by atoms with E-state index in [9.17, 15) is 9.59 Å². The largest absolute Gasteiger partial charge is 0.342 e. The molecule has 2 aromatic heterocycles. The highest BCUT2D eigenvalue weighted by Crippen LogP contribution is 2.27. The van der Waals surface area contributed by atoms with E-state index < -0.39 is 11.8 Å². The van der Waals surface area contributed by atoms with E-state index in [4.69, 9.17) is 0 Å². The SMILES string of the molecule is Cc1cccc2sc(NC(=O)C(=O)NCc3ccccn3)nc12. The lowest BCUT2D eigenvalue weighted by atomic mass is 10.2. The van der Waals surface area contributed by atoms with Gasteiger partial charge >= 0.3 is 11.8 Å². The summed E-state index contributed by atoms with van der Waals surface area (Å²) in [6.07, 6.45) is 1.63. The summed E-state index contributed by atoms with van der Waals surface area (Å²) in [6.45, 7) is 2.15. The number of rotatable bonds is 3. The molecule has 1 aromatic carbocycles. The number of fused-ring (bicyclic) bond motifs is 1. The molecule has 2 amide bonds. The molecule has 0 fully saturated rings. The van der Waals surface area contributed by atoms with Crippen molar-refractivity contribution in [1.82, 2.24) is 15.3 Å². The van der Waals surface area contributed by atoms with Gasteiger partial charge in [-0.25, -0.2) is 4.98 Å². The van der Waals surface area contributed by atoms with Crippen LogP contribution in [0, 0.1) is 6.92 Å². The molecule has 3 rings (SSSR count). The molecule has 0 saturated carbocycles. The topological polar surface area (TPSA) is 84.0 Å². The van der Waals surface area contributed by atoms with Crippen LogP contribution in [0.3, 0.4) is 0 Å². The van der Waals surface area contributed by atoms with Crippen LogP contribution in [-0.2, 0) is 16.1 Å². The molecular formula is C16H14N4O2S. The Labute approximate surface area is 136 Å². The Bertz CT molecular complexity index is 861. The van der Waals surface area contributed by atoms with Crippen LogP contribution in [-0.4, -0.2) is 21.8 Å². The first kappa shape index (κ1) is 15.1. The van der Waals surface area contributed by atoms with Gasteiger partial charge in [0.15, 0.2) is 5.13 Å². The average Bonchev–Trinajstić information content (AvgIpc) is 2.97. The molecule has 6 nitrogen and oxygen atoms in total. The molecule has 0 aliphatic carbocycles. The molecule has 0 saturated heterocycles. The molecule has 3 aromatic rings. The average molecular weight is 326 g/mol. The van der Waals surface area contributed by atoms with Crippen LogP contribution in [0.1, 0.15) is 11.3 Å². The van der Waals surface area contributed by atoms with Crippen molar-refractivity contribution in [2.24, 2.45) is 0 Å². The number of pyridine rings is 1. The number of para-hydroxylation sites is 1. The number of benzene rings is 1. The first-order valence-corrected chi connectivity index (χ1v) is 7.80. The Kier molecular flexibility index (Phi) is 4.29. The predicted octanol–water partition coefficient (Wildman–Crippen LogP) is 2.25. The summed E-state index contributed by atoms with van der Waals surface area (Å²) in [5.74, 6) is -1.45. The van der Waals surface area contributed by atoms with Crippen LogP contribution in [0.5, 0.6) is 0 Å². The molecule has 0 unspecified atom stereocenters. The zero-order valence-corrected chi connectivity index (χ0v) is 13.2. The number of hydrogen-bond acceptors (Lipinski definition) is 5. The Morgan fingerprint density at radius 3 is 2.74 bits per heavy atom. The summed E-state index contributed by atoms with van der Waals surface area (Å²) in [7, 11) is 0. The Morgan fingerprint density at radius 1 is 1.13 bits per heavy atom. The predicted molar refractivity (Wildman–Crippen MR) is 89.1 cm³/mol. The van der Waals surface area contributed by atoms with E-state index in [1.54, 1.807) is 18.3 Å². The maximum atomic E-state index is 11.9. The van der Waals surface area contributed by atoms with Gasteiger partial charge in [0.05, 0.1) is 22.5 Å². The van der Waals surface area contributed by atoms with Crippen LogP contribution >= 0.6 is 11.3 Å². The van der Waals surface area contributed by atoms with Gasteiger partial charge in [0, 0.05) is 6.20 Å². The van der Waals surface area contributed by atoms with Crippen molar-refractivity contribution < 1.29 is 9.59 Å². The first-order chi connectivity index (χ1) is 11.1. The van der Waals surface area contributed by atoms with Crippen molar-refractivity contribution in [3.8, 4) is 0 Å². The number of aromatic nitrogens is 2. The summed E-state index contributed by atoms with van der Waals surface area (Å²) < 4.78 is 0.967. The van der Waals surface area contributed by atoms with E-state index in [1.807, 2.05) is 31.2 Å². The fourth-order valence-corrected chi connectivity index (χ4v) is 2.99. The van der Waals surface area contributed by atoms with Crippen LogP contribution in [0.2, 0.25) is 0 Å². The maximum absolute atomic E-state index is 11.9. The van der Waals surface area contributed by atoms with Gasteiger partial charge in [0.2, 0.25) is 0 Å². The second kappa shape index (κ2) is 6.53. The third-order valence-corrected chi connectivity index (χ3v) is 4.14. The molecule has 116 valence electrons. The van der Waals surface area contributed by atoms with Gasteiger partial charge in [0.25, 0.3) is 0 Å². The fourth-order valence-electron chi connectivity index (χ4n) is 2.05. The third-order valence-electron chi connectivity index (χ3n) is 3.20. The van der Waals surface area contributed by atoms with E-state index in [0.29, 0.717) is 10.8 Å². The van der Waals surface area contributed by atoms with Crippen LogP contribution < -0.4 is 10.6 Å². The monoisotopic (exact) mass is 326 g/mol. The first-order valence-electron chi connectivity index (χ1n) is 6.99. The third kappa shape index (κ3) is 3.51. The maximum Gasteiger partial charge on any atom is 0.315 e. The number of hydrogen-bond donors (Lipinski definition) is 2. The second-order valence-corrected chi connectivity index (χ2v) is 5.93. The lowest BCUT2D eigenvalue weighted by molar-refractivity contribution is -0.136. The number of amides is 2. The standard InChI is InChI=1S/C16H14N4O2S/c1-10-5-4-7-12-13(10)19-16(23-12)20-15(22)14(21)18-9-11-6-2-3-8-17-11/h2-8H,9H2,1H3,(H,18,21)(H,19,20,22). The molecule has 23 heavy (non-hydrogen) atoms. The van der Waals surface area contributed by atoms with Gasteiger partial charge in [-0.1, -0.05) is 29.5 Å². The van der Waals surface area contributed by atoms with E-state index in [1.165, 1.54) is 11.3 Å². The molecule has 0 atom stereocenters. The van der Waals surface area contributed by atoms with E-state index in [-0.39, 0.29) is 6.54 Å². The number of nitrogens with one attached hydrogen (secondary N) is 2. The quantitative estimate of drug-likeness (QED) is 0.723. The molecule has 0 bridgehead atoms. The lowest BCUT2D eigenvalue weighted by Crippen LogP contribution is -2.35. The van der Waals surface area contributed by atoms with Gasteiger partial charge in [-0.15, -0.1) is 0 Å². The highest BCUT2D eigenvalue weighted by atomic mass is 32.1. The molecule has 2 heterocycles. The summed E-state index contributed by atoms with van der Waals surface area (Å²) in [5.41, 5.74) is 2.55. The number of carbonyl (C=O) groups is 2. The molecule has 0 spiro atoms. The number of carbonyl (C=O) groups excluding carboxylic acids is 2. The number of anilines is 1. The number of aryl methyl sites for hydroxylation is 1. The minimum absolute atomic E-state index is 0.200. The van der Waals surface area contributed by atoms with E-state index in [0.717, 1.165) is 15.8 Å². The normalized spacial score (nSPS) is 10.5. The van der Waals surface area contributed by atoms with Gasteiger partial charge in [-0.2, -0.15) is 0 Å². The second-order valence-electron chi connectivity index (χ2n) is 4.90. The summed E-state index contributed by atoms with van der Waals surface area (Å²) >= 11 is 1.34. The van der Waals surface area contributed by atoms with Gasteiger partial charge in [0.1, 0.15) is 0 Å². The Hall–Kier alpha value is -2.80. The van der Waals surface area contributed by atoms with Crippen LogP contribution in [0.4, 0.5) is 5.13 Å². The van der Waals surface area contributed by atoms with Gasteiger partial charge in [-0.3, -0.25) is 19.9 Å². The van der Waals surface area contributed by atoms with Crippen molar-refractivity contribution in [2.75, 3.05) is 5.32 Å². The Balaban J connectivity index is 1.63. The van der Waals surface area contributed by atoms with Gasteiger partial charge in [-0.05, 0) is 30.7 Å². The highest BCUT2D eigenvalue weighted by Gasteiger charge is 2.16. The van der Waals surface area contributed by atoms with Crippen LogP contribution in [0.15, 0.2) is 42.6 Å². The van der Waals surface area contributed by atoms with Crippen LogP contribution in [0.25, 0.3) is 10.2 Å².